The van der Waals surface area contributed by atoms with Crippen LogP contribution in [0.4, 0.5) is 0 Å². The highest BCUT2D eigenvalue weighted by Gasteiger charge is 2.21. The third kappa shape index (κ3) is 3.11. The Morgan fingerprint density at radius 2 is 2.24 bits per heavy atom. The zero-order valence-corrected chi connectivity index (χ0v) is 11.7. The van der Waals surface area contributed by atoms with Crippen LogP contribution in [0, 0.1) is 0 Å². The van der Waals surface area contributed by atoms with E-state index in [9.17, 15) is 0 Å². The minimum absolute atomic E-state index is 0.174. The first-order valence-corrected chi connectivity index (χ1v) is 6.93. The molecule has 17 heavy (non-hydrogen) atoms. The molecule has 1 aromatic carbocycles. The molecule has 0 aliphatic carbocycles. The van der Waals surface area contributed by atoms with Gasteiger partial charge in [-0.2, -0.15) is 0 Å². The summed E-state index contributed by atoms with van der Waals surface area (Å²) in [7, 11) is 0. The predicted molar refractivity (Wildman–Crippen MR) is 73.8 cm³/mol. The second kappa shape index (κ2) is 6.22. The number of halogens is 1. The van der Waals surface area contributed by atoms with Gasteiger partial charge in [-0.15, -0.1) is 0 Å². The molecule has 0 aromatic heterocycles. The molecule has 2 nitrogen and oxygen atoms in total. The molecule has 0 saturated carbocycles. The van der Waals surface area contributed by atoms with Gasteiger partial charge in [0.2, 0.25) is 0 Å². The molecule has 0 radical (unpaired) electrons. The van der Waals surface area contributed by atoms with Gasteiger partial charge in [-0.05, 0) is 30.7 Å². The molecule has 1 N–H and O–H groups in total. The fourth-order valence-electron chi connectivity index (χ4n) is 2.00. The lowest BCUT2D eigenvalue weighted by atomic mass is 10.0. The summed E-state index contributed by atoms with van der Waals surface area (Å²) in [5.41, 5.74) is 1.24. The van der Waals surface area contributed by atoms with Gasteiger partial charge >= 0.3 is 0 Å². The summed E-state index contributed by atoms with van der Waals surface area (Å²) in [5, 5.41) is 3.55. The smallest absolute Gasteiger partial charge is 0.114 e. The standard InChI is InChI=1S/C14H18BrNO/c1-2-9-16-14(13-8-5-10-17-13)11-6-3-4-7-12(11)15/h3-4,6-8,14,16H,2,5,9-10H2,1H3. The van der Waals surface area contributed by atoms with Crippen LogP contribution in [0.5, 0.6) is 0 Å². The van der Waals surface area contributed by atoms with E-state index in [2.05, 4.69) is 52.4 Å². The summed E-state index contributed by atoms with van der Waals surface area (Å²) in [5.74, 6) is 1.06. The molecular formula is C14H18BrNO. The van der Waals surface area contributed by atoms with Crippen molar-refractivity contribution < 1.29 is 4.74 Å². The third-order valence-corrected chi connectivity index (χ3v) is 3.55. The van der Waals surface area contributed by atoms with Gasteiger partial charge in [0, 0.05) is 10.9 Å². The van der Waals surface area contributed by atoms with Crippen LogP contribution < -0.4 is 5.32 Å². The topological polar surface area (TPSA) is 21.3 Å². The number of hydrogen-bond acceptors (Lipinski definition) is 2. The Morgan fingerprint density at radius 3 is 2.88 bits per heavy atom. The van der Waals surface area contributed by atoms with Crippen LogP contribution >= 0.6 is 15.9 Å². The predicted octanol–water partition coefficient (Wildman–Crippen LogP) is 3.79. The maximum Gasteiger partial charge on any atom is 0.114 e. The van der Waals surface area contributed by atoms with Gasteiger partial charge in [0.05, 0.1) is 12.6 Å². The third-order valence-electron chi connectivity index (χ3n) is 2.83. The molecule has 1 aromatic rings. The average Bonchev–Trinajstić information content (AvgIpc) is 2.85. The maximum absolute atomic E-state index is 5.70. The lowest BCUT2D eigenvalue weighted by Gasteiger charge is -2.21. The van der Waals surface area contributed by atoms with Crippen LogP contribution in [0.2, 0.25) is 0 Å². The van der Waals surface area contributed by atoms with Crippen molar-refractivity contribution in [3.63, 3.8) is 0 Å². The molecule has 92 valence electrons. The van der Waals surface area contributed by atoms with Crippen molar-refractivity contribution in [1.29, 1.82) is 0 Å². The van der Waals surface area contributed by atoms with E-state index >= 15 is 0 Å². The Bertz CT molecular complexity index is 403. The lowest BCUT2D eigenvalue weighted by molar-refractivity contribution is 0.215. The summed E-state index contributed by atoms with van der Waals surface area (Å²) >= 11 is 3.61. The SMILES string of the molecule is CCCNC(C1=CCCO1)c1ccccc1Br. The van der Waals surface area contributed by atoms with Crippen molar-refractivity contribution in [1.82, 2.24) is 5.32 Å². The molecule has 0 bridgehead atoms. The second-order valence-corrected chi connectivity index (χ2v) is 5.01. The monoisotopic (exact) mass is 295 g/mol. The average molecular weight is 296 g/mol. The van der Waals surface area contributed by atoms with Gasteiger partial charge in [0.15, 0.2) is 0 Å². The number of nitrogens with one attached hydrogen (secondary N) is 1. The van der Waals surface area contributed by atoms with Crippen LogP contribution in [-0.4, -0.2) is 13.2 Å². The zero-order chi connectivity index (χ0) is 12.1. The van der Waals surface area contributed by atoms with Gasteiger partial charge in [-0.25, -0.2) is 0 Å². The van der Waals surface area contributed by atoms with Gasteiger partial charge in [0.25, 0.3) is 0 Å². The van der Waals surface area contributed by atoms with Gasteiger partial charge < -0.3 is 10.1 Å². The molecule has 0 amide bonds. The van der Waals surface area contributed by atoms with Crippen molar-refractivity contribution in [3.8, 4) is 0 Å². The van der Waals surface area contributed by atoms with Gasteiger partial charge in [-0.3, -0.25) is 0 Å². The Morgan fingerprint density at radius 1 is 1.41 bits per heavy atom. The number of rotatable bonds is 5. The van der Waals surface area contributed by atoms with Crippen LogP contribution in [0.1, 0.15) is 31.4 Å². The summed E-state index contributed by atoms with van der Waals surface area (Å²) in [6.07, 6.45) is 4.32. The van der Waals surface area contributed by atoms with E-state index in [1.54, 1.807) is 0 Å². The number of ether oxygens (including phenoxy) is 1. The van der Waals surface area contributed by atoms with E-state index in [1.807, 2.05) is 6.07 Å². The van der Waals surface area contributed by atoms with E-state index in [-0.39, 0.29) is 6.04 Å². The molecule has 1 heterocycles. The molecule has 3 heteroatoms. The van der Waals surface area contributed by atoms with E-state index in [1.165, 1.54) is 5.56 Å². The molecular weight excluding hydrogens is 278 g/mol. The molecule has 0 fully saturated rings. The largest absolute Gasteiger partial charge is 0.496 e. The molecule has 1 atom stereocenters. The Kier molecular flexibility index (Phi) is 4.63. The van der Waals surface area contributed by atoms with Crippen LogP contribution in [-0.2, 0) is 4.74 Å². The molecule has 0 spiro atoms. The fourth-order valence-corrected chi connectivity index (χ4v) is 2.51. The van der Waals surface area contributed by atoms with Crippen molar-refractivity contribution in [2.45, 2.75) is 25.8 Å². The first kappa shape index (κ1) is 12.7. The van der Waals surface area contributed by atoms with Gasteiger partial charge in [-0.1, -0.05) is 41.1 Å². The van der Waals surface area contributed by atoms with Crippen molar-refractivity contribution in [2.75, 3.05) is 13.2 Å². The van der Waals surface area contributed by atoms with Crippen LogP contribution in [0.25, 0.3) is 0 Å². The Labute approximate surface area is 111 Å². The maximum atomic E-state index is 5.70. The summed E-state index contributed by atoms with van der Waals surface area (Å²) in [6, 6.07) is 8.49. The minimum Gasteiger partial charge on any atom is -0.496 e. The molecule has 1 aliphatic rings. The normalized spacial score (nSPS) is 16.5. The molecule has 2 rings (SSSR count). The van der Waals surface area contributed by atoms with E-state index < -0.39 is 0 Å². The number of hydrogen-bond donors (Lipinski definition) is 1. The summed E-state index contributed by atoms with van der Waals surface area (Å²) < 4.78 is 6.83. The summed E-state index contributed by atoms with van der Waals surface area (Å²) in [4.78, 5) is 0. The highest BCUT2D eigenvalue weighted by atomic mass is 79.9. The van der Waals surface area contributed by atoms with Crippen molar-refractivity contribution >= 4 is 15.9 Å². The zero-order valence-electron chi connectivity index (χ0n) is 10.1. The first-order chi connectivity index (χ1) is 8.33. The number of benzene rings is 1. The van der Waals surface area contributed by atoms with E-state index in [4.69, 9.17) is 4.74 Å². The van der Waals surface area contributed by atoms with Gasteiger partial charge in [0.1, 0.15) is 5.76 Å². The van der Waals surface area contributed by atoms with E-state index in [0.29, 0.717) is 0 Å². The Hall–Kier alpha value is -0.800. The quantitative estimate of drug-likeness (QED) is 0.892. The first-order valence-electron chi connectivity index (χ1n) is 6.13. The lowest BCUT2D eigenvalue weighted by Crippen LogP contribution is -2.24. The van der Waals surface area contributed by atoms with Crippen molar-refractivity contribution in [3.05, 3.63) is 46.1 Å². The highest BCUT2D eigenvalue weighted by Crippen LogP contribution is 2.31. The van der Waals surface area contributed by atoms with Crippen molar-refractivity contribution in [2.24, 2.45) is 0 Å². The fraction of sp³-hybridized carbons (Fsp3) is 0.429. The molecule has 1 aliphatic heterocycles. The minimum atomic E-state index is 0.174. The highest BCUT2D eigenvalue weighted by molar-refractivity contribution is 9.10. The Balaban J connectivity index is 2.23. The molecule has 0 saturated heterocycles. The van der Waals surface area contributed by atoms with Crippen LogP contribution in [0.3, 0.4) is 0 Å². The summed E-state index contributed by atoms with van der Waals surface area (Å²) in [6.45, 7) is 3.98. The molecule has 1 unspecified atom stereocenters. The van der Waals surface area contributed by atoms with E-state index in [0.717, 1.165) is 36.2 Å². The second-order valence-electron chi connectivity index (χ2n) is 4.15. The van der Waals surface area contributed by atoms with Crippen LogP contribution in [0.15, 0.2) is 40.6 Å².